The highest BCUT2D eigenvalue weighted by atomic mass is 79.9. The highest BCUT2D eigenvalue weighted by Crippen LogP contribution is 2.08. The molecular weight excluding hydrogens is 284 g/mol. The first kappa shape index (κ1) is 12.4. The Bertz CT molecular complexity index is 364. The maximum atomic E-state index is 11.7. The van der Waals surface area contributed by atoms with Gasteiger partial charge in [0.25, 0.3) is 0 Å². The number of nitrogens with zero attached hydrogens (tertiary/aromatic N) is 2. The van der Waals surface area contributed by atoms with Crippen LogP contribution in [-0.2, 0) is 11.3 Å². The van der Waals surface area contributed by atoms with E-state index in [0.29, 0.717) is 19.7 Å². The van der Waals surface area contributed by atoms with Gasteiger partial charge in [0, 0.05) is 42.3 Å². The second-order valence-electron chi connectivity index (χ2n) is 3.94. The average Bonchev–Trinajstić information content (AvgIpc) is 2.38. The first-order valence-corrected chi connectivity index (χ1v) is 6.33. The molecule has 1 amide bonds. The summed E-state index contributed by atoms with van der Waals surface area (Å²) < 4.78 is 7.28. The zero-order valence-electron chi connectivity index (χ0n) is 9.51. The first-order valence-electron chi connectivity index (χ1n) is 5.62. The predicted molar refractivity (Wildman–Crippen MR) is 68.7 cm³/mol. The molecule has 0 spiro atoms. The quantitative estimate of drug-likeness (QED) is 0.785. The van der Waals surface area contributed by atoms with Crippen LogP contribution >= 0.6 is 16.1 Å². The van der Waals surface area contributed by atoms with Gasteiger partial charge in [0.2, 0.25) is 0 Å². The third kappa shape index (κ3) is 3.71. The molecule has 1 aromatic rings. The number of ether oxygens (including phenoxy) is 1. The molecule has 0 atom stereocenters. The van der Waals surface area contributed by atoms with Crippen LogP contribution in [0.25, 0.3) is 0 Å². The van der Waals surface area contributed by atoms with E-state index in [1.807, 2.05) is 34.3 Å². The van der Waals surface area contributed by atoms with E-state index in [4.69, 9.17) is 4.74 Å². The lowest BCUT2D eigenvalue weighted by atomic mass is 10.2. The van der Waals surface area contributed by atoms with Crippen molar-refractivity contribution >= 4 is 22.2 Å². The fourth-order valence-electron chi connectivity index (χ4n) is 1.68. The molecule has 92 valence electrons. The van der Waals surface area contributed by atoms with Gasteiger partial charge in [0.1, 0.15) is 6.61 Å². The van der Waals surface area contributed by atoms with E-state index in [1.54, 1.807) is 4.90 Å². The normalized spacial score (nSPS) is 16.9. The van der Waals surface area contributed by atoms with Gasteiger partial charge in [-0.3, -0.25) is 0 Å². The molecule has 1 aliphatic rings. The van der Waals surface area contributed by atoms with Gasteiger partial charge in [-0.1, -0.05) is 30.3 Å². The van der Waals surface area contributed by atoms with Crippen molar-refractivity contribution in [2.24, 2.45) is 0 Å². The van der Waals surface area contributed by atoms with E-state index in [0.717, 1.165) is 18.7 Å². The Labute approximate surface area is 109 Å². The van der Waals surface area contributed by atoms with Gasteiger partial charge < -0.3 is 9.64 Å². The molecule has 1 saturated heterocycles. The lowest BCUT2D eigenvalue weighted by molar-refractivity contribution is 0.0857. The van der Waals surface area contributed by atoms with E-state index < -0.39 is 0 Å². The van der Waals surface area contributed by atoms with E-state index >= 15 is 0 Å². The molecule has 4 nitrogen and oxygen atoms in total. The fraction of sp³-hybridized carbons (Fsp3) is 0.417. The summed E-state index contributed by atoms with van der Waals surface area (Å²) in [4.78, 5) is 13.5. The minimum atomic E-state index is -0.227. The molecule has 2 rings (SSSR count). The lowest BCUT2D eigenvalue weighted by Crippen LogP contribution is -2.45. The molecule has 0 radical (unpaired) electrons. The number of piperazine rings is 1. The zero-order valence-corrected chi connectivity index (χ0v) is 11.1. The lowest BCUT2D eigenvalue weighted by Gasteiger charge is -2.30. The Morgan fingerprint density at radius 1 is 1.18 bits per heavy atom. The summed E-state index contributed by atoms with van der Waals surface area (Å²) in [5.41, 5.74) is 1.01. The van der Waals surface area contributed by atoms with Gasteiger partial charge in [0.05, 0.1) is 0 Å². The van der Waals surface area contributed by atoms with Crippen molar-refractivity contribution in [3.8, 4) is 0 Å². The standard InChI is InChI=1S/C12H15BrN2O2/c13-15-8-6-14(7-9-15)12(16)17-10-11-4-2-1-3-5-11/h1-5H,6-10H2. The zero-order chi connectivity index (χ0) is 12.1. The summed E-state index contributed by atoms with van der Waals surface area (Å²) in [6.45, 7) is 3.42. The Kier molecular flexibility index (Phi) is 4.39. The van der Waals surface area contributed by atoms with Crippen molar-refractivity contribution in [1.29, 1.82) is 0 Å². The minimum absolute atomic E-state index is 0.227. The molecule has 0 N–H and O–H groups in total. The SMILES string of the molecule is O=C(OCc1ccccc1)N1CCN(Br)CC1. The molecule has 0 aromatic heterocycles. The van der Waals surface area contributed by atoms with Gasteiger partial charge >= 0.3 is 6.09 Å². The maximum absolute atomic E-state index is 11.7. The number of rotatable bonds is 2. The number of carbonyl (C=O) groups excluding carboxylic acids is 1. The van der Waals surface area contributed by atoms with Crippen LogP contribution in [0.5, 0.6) is 0 Å². The third-order valence-electron chi connectivity index (χ3n) is 2.69. The predicted octanol–water partition coefficient (Wildman–Crippen LogP) is 2.25. The fourth-order valence-corrected chi connectivity index (χ4v) is 1.99. The van der Waals surface area contributed by atoms with Crippen molar-refractivity contribution in [2.75, 3.05) is 26.2 Å². The third-order valence-corrected chi connectivity index (χ3v) is 3.40. The Balaban J connectivity index is 1.78. The van der Waals surface area contributed by atoms with Crippen LogP contribution in [0.2, 0.25) is 0 Å². The Hall–Kier alpha value is -1.07. The van der Waals surface area contributed by atoms with Gasteiger partial charge in [-0.2, -0.15) is 0 Å². The highest BCUT2D eigenvalue weighted by molar-refractivity contribution is 9.07. The van der Waals surface area contributed by atoms with Gasteiger partial charge in [-0.25, -0.2) is 8.72 Å². The molecule has 1 fully saturated rings. The van der Waals surface area contributed by atoms with E-state index in [2.05, 4.69) is 16.1 Å². The van der Waals surface area contributed by atoms with Crippen molar-refractivity contribution in [1.82, 2.24) is 8.83 Å². The van der Waals surface area contributed by atoms with E-state index in [-0.39, 0.29) is 6.09 Å². The summed E-state index contributed by atoms with van der Waals surface area (Å²) in [7, 11) is 0. The van der Waals surface area contributed by atoms with Gasteiger partial charge in [-0.15, -0.1) is 0 Å². The van der Waals surface area contributed by atoms with Crippen molar-refractivity contribution in [2.45, 2.75) is 6.61 Å². The molecule has 0 saturated carbocycles. The number of amides is 1. The van der Waals surface area contributed by atoms with Crippen LogP contribution in [0.1, 0.15) is 5.56 Å². The molecule has 0 unspecified atom stereocenters. The van der Waals surface area contributed by atoms with Crippen LogP contribution in [0.4, 0.5) is 4.79 Å². The smallest absolute Gasteiger partial charge is 0.410 e. The summed E-state index contributed by atoms with van der Waals surface area (Å²) in [5, 5.41) is 0. The second kappa shape index (κ2) is 6.02. The first-order chi connectivity index (χ1) is 8.25. The molecule has 5 heteroatoms. The van der Waals surface area contributed by atoms with E-state index in [1.165, 1.54) is 0 Å². The van der Waals surface area contributed by atoms with Crippen molar-refractivity contribution in [3.05, 3.63) is 35.9 Å². The van der Waals surface area contributed by atoms with Crippen LogP contribution in [0, 0.1) is 0 Å². The number of hydrogen-bond acceptors (Lipinski definition) is 3. The Morgan fingerprint density at radius 2 is 1.82 bits per heavy atom. The van der Waals surface area contributed by atoms with Crippen LogP contribution in [0.15, 0.2) is 30.3 Å². The highest BCUT2D eigenvalue weighted by Gasteiger charge is 2.20. The van der Waals surface area contributed by atoms with Gasteiger partial charge in [-0.05, 0) is 5.56 Å². The van der Waals surface area contributed by atoms with E-state index in [9.17, 15) is 4.79 Å². The van der Waals surface area contributed by atoms with Gasteiger partial charge in [0.15, 0.2) is 0 Å². The minimum Gasteiger partial charge on any atom is -0.445 e. The van der Waals surface area contributed by atoms with Crippen LogP contribution in [-0.4, -0.2) is 41.1 Å². The molecule has 17 heavy (non-hydrogen) atoms. The molecular formula is C12H15BrN2O2. The van der Waals surface area contributed by atoms with Crippen molar-refractivity contribution in [3.63, 3.8) is 0 Å². The monoisotopic (exact) mass is 298 g/mol. The summed E-state index contributed by atoms with van der Waals surface area (Å²) >= 11 is 3.40. The topological polar surface area (TPSA) is 32.8 Å². The number of hydrogen-bond donors (Lipinski definition) is 0. The maximum Gasteiger partial charge on any atom is 0.410 e. The average molecular weight is 299 g/mol. The summed E-state index contributed by atoms with van der Waals surface area (Å²) in [5.74, 6) is 0. The molecule has 1 heterocycles. The number of benzene rings is 1. The molecule has 1 aromatic carbocycles. The molecule has 0 aliphatic carbocycles. The van der Waals surface area contributed by atoms with Crippen LogP contribution < -0.4 is 0 Å². The Morgan fingerprint density at radius 3 is 2.47 bits per heavy atom. The molecule has 1 aliphatic heterocycles. The number of halogens is 1. The van der Waals surface area contributed by atoms with Crippen molar-refractivity contribution < 1.29 is 9.53 Å². The second-order valence-corrected chi connectivity index (χ2v) is 4.94. The summed E-state index contributed by atoms with van der Waals surface area (Å²) in [6.07, 6.45) is -0.227. The van der Waals surface area contributed by atoms with Crippen LogP contribution in [0.3, 0.4) is 0 Å². The largest absolute Gasteiger partial charge is 0.445 e. The number of carbonyl (C=O) groups is 1. The summed E-state index contributed by atoms with van der Waals surface area (Å²) in [6, 6.07) is 9.72. The molecule has 0 bridgehead atoms.